The third-order valence-electron chi connectivity index (χ3n) is 3.49. The summed E-state index contributed by atoms with van der Waals surface area (Å²) >= 11 is 5.90. The Labute approximate surface area is 125 Å². The van der Waals surface area contributed by atoms with Crippen LogP contribution >= 0.6 is 11.6 Å². The van der Waals surface area contributed by atoms with Gasteiger partial charge in [-0.05, 0) is 31.4 Å². The van der Waals surface area contributed by atoms with E-state index in [4.69, 9.17) is 11.6 Å². The van der Waals surface area contributed by atoms with Crippen LogP contribution in [0, 0.1) is 17.2 Å². The second kappa shape index (κ2) is 6.28. The molecule has 0 spiro atoms. The fourth-order valence-electron chi connectivity index (χ4n) is 2.80. The van der Waals surface area contributed by atoms with Gasteiger partial charge in [-0.15, -0.1) is 11.6 Å². The SMILES string of the molecule is CC(C)CC(C)n1c(CCCl)nc2c(C#N)cccc21. The smallest absolute Gasteiger partial charge is 0.111 e. The van der Waals surface area contributed by atoms with Gasteiger partial charge in [-0.25, -0.2) is 4.98 Å². The first-order valence-corrected chi connectivity index (χ1v) is 7.57. The molecule has 1 atom stereocenters. The summed E-state index contributed by atoms with van der Waals surface area (Å²) in [6.07, 6.45) is 1.81. The van der Waals surface area contributed by atoms with E-state index >= 15 is 0 Å². The molecule has 1 aromatic heterocycles. The Kier molecular flexibility index (Phi) is 4.67. The van der Waals surface area contributed by atoms with Crippen molar-refractivity contribution in [3.63, 3.8) is 0 Å². The number of hydrogen-bond acceptors (Lipinski definition) is 2. The maximum Gasteiger partial charge on any atom is 0.111 e. The first-order chi connectivity index (χ1) is 9.58. The molecule has 1 heterocycles. The minimum Gasteiger partial charge on any atom is -0.325 e. The average Bonchev–Trinajstić information content (AvgIpc) is 2.76. The van der Waals surface area contributed by atoms with E-state index in [1.807, 2.05) is 18.2 Å². The lowest BCUT2D eigenvalue weighted by atomic mass is 10.0. The van der Waals surface area contributed by atoms with Crippen LogP contribution < -0.4 is 0 Å². The first kappa shape index (κ1) is 14.9. The number of benzene rings is 1. The molecule has 2 aromatic rings. The van der Waals surface area contributed by atoms with Crippen molar-refractivity contribution < 1.29 is 0 Å². The number of rotatable bonds is 5. The number of fused-ring (bicyclic) bond motifs is 1. The number of aryl methyl sites for hydroxylation is 1. The van der Waals surface area contributed by atoms with Gasteiger partial charge in [0.2, 0.25) is 0 Å². The summed E-state index contributed by atoms with van der Waals surface area (Å²) in [6.45, 7) is 6.65. The van der Waals surface area contributed by atoms with Gasteiger partial charge in [-0.3, -0.25) is 0 Å². The Morgan fingerprint density at radius 2 is 2.10 bits per heavy atom. The molecule has 1 aromatic carbocycles. The van der Waals surface area contributed by atoms with Crippen LogP contribution in [-0.4, -0.2) is 15.4 Å². The Hall–Kier alpha value is -1.53. The Balaban J connectivity index is 2.60. The van der Waals surface area contributed by atoms with Crippen molar-refractivity contribution in [3.05, 3.63) is 29.6 Å². The van der Waals surface area contributed by atoms with E-state index in [-0.39, 0.29) is 0 Å². The van der Waals surface area contributed by atoms with Crippen molar-refractivity contribution in [3.8, 4) is 6.07 Å². The van der Waals surface area contributed by atoms with Gasteiger partial charge in [-0.2, -0.15) is 5.26 Å². The van der Waals surface area contributed by atoms with Gasteiger partial charge in [-0.1, -0.05) is 19.9 Å². The standard InChI is InChI=1S/C16H20ClN3/c1-11(2)9-12(3)20-14-6-4-5-13(10-18)16(14)19-15(20)7-8-17/h4-6,11-12H,7-9H2,1-3H3. The zero-order valence-corrected chi connectivity index (χ0v) is 13.0. The van der Waals surface area contributed by atoms with Crippen LogP contribution in [0.2, 0.25) is 0 Å². The van der Waals surface area contributed by atoms with E-state index in [0.717, 1.165) is 29.7 Å². The third kappa shape index (κ3) is 2.81. The number of alkyl halides is 1. The van der Waals surface area contributed by atoms with Crippen LogP contribution in [0.4, 0.5) is 0 Å². The molecule has 0 aliphatic rings. The van der Waals surface area contributed by atoms with E-state index < -0.39 is 0 Å². The van der Waals surface area contributed by atoms with Gasteiger partial charge in [0.25, 0.3) is 0 Å². The van der Waals surface area contributed by atoms with Gasteiger partial charge < -0.3 is 4.57 Å². The van der Waals surface area contributed by atoms with Crippen molar-refractivity contribution in [1.29, 1.82) is 5.26 Å². The normalized spacial score (nSPS) is 12.8. The summed E-state index contributed by atoms with van der Waals surface area (Å²) in [5.41, 5.74) is 2.47. The predicted octanol–water partition coefficient (Wildman–Crippen LogP) is 4.30. The molecule has 0 saturated carbocycles. The largest absolute Gasteiger partial charge is 0.325 e. The van der Waals surface area contributed by atoms with Crippen LogP contribution in [-0.2, 0) is 6.42 Å². The molecular weight excluding hydrogens is 270 g/mol. The van der Waals surface area contributed by atoms with Crippen molar-refractivity contribution in [2.24, 2.45) is 5.92 Å². The van der Waals surface area contributed by atoms with Gasteiger partial charge in [0, 0.05) is 18.3 Å². The van der Waals surface area contributed by atoms with Crippen molar-refractivity contribution >= 4 is 22.6 Å². The molecule has 20 heavy (non-hydrogen) atoms. The summed E-state index contributed by atoms with van der Waals surface area (Å²) in [5.74, 6) is 2.14. The fraction of sp³-hybridized carbons (Fsp3) is 0.500. The van der Waals surface area contributed by atoms with Crippen LogP contribution in [0.5, 0.6) is 0 Å². The highest BCUT2D eigenvalue weighted by Crippen LogP contribution is 2.27. The molecule has 4 heteroatoms. The molecular formula is C16H20ClN3. The number of nitriles is 1. The average molecular weight is 290 g/mol. The quantitative estimate of drug-likeness (QED) is 0.770. The molecule has 0 amide bonds. The van der Waals surface area contributed by atoms with Gasteiger partial charge in [0.15, 0.2) is 0 Å². The minimum absolute atomic E-state index is 0.354. The summed E-state index contributed by atoms with van der Waals surface area (Å²) in [6, 6.07) is 8.36. The first-order valence-electron chi connectivity index (χ1n) is 7.04. The summed E-state index contributed by atoms with van der Waals surface area (Å²) in [4.78, 5) is 4.66. The molecule has 0 fully saturated rings. The second-order valence-electron chi connectivity index (χ2n) is 5.60. The molecule has 0 aliphatic carbocycles. The molecule has 0 saturated heterocycles. The number of halogens is 1. The van der Waals surface area contributed by atoms with E-state index in [9.17, 15) is 5.26 Å². The lowest BCUT2D eigenvalue weighted by Crippen LogP contribution is -2.12. The summed E-state index contributed by atoms with van der Waals surface area (Å²) < 4.78 is 2.25. The summed E-state index contributed by atoms with van der Waals surface area (Å²) in [7, 11) is 0. The molecule has 0 aliphatic heterocycles. The van der Waals surface area contributed by atoms with E-state index in [2.05, 4.69) is 36.4 Å². The van der Waals surface area contributed by atoms with E-state index in [1.165, 1.54) is 0 Å². The zero-order valence-electron chi connectivity index (χ0n) is 12.2. The maximum absolute atomic E-state index is 9.22. The Morgan fingerprint density at radius 3 is 2.70 bits per heavy atom. The minimum atomic E-state index is 0.354. The van der Waals surface area contributed by atoms with Gasteiger partial charge >= 0.3 is 0 Å². The molecule has 2 rings (SSSR count). The number of hydrogen-bond donors (Lipinski definition) is 0. The lowest BCUT2D eigenvalue weighted by Gasteiger charge is -2.19. The predicted molar refractivity (Wildman–Crippen MR) is 83.0 cm³/mol. The number of imidazole rings is 1. The Bertz CT molecular complexity index is 637. The molecule has 106 valence electrons. The second-order valence-corrected chi connectivity index (χ2v) is 5.98. The maximum atomic E-state index is 9.22. The van der Waals surface area contributed by atoms with E-state index in [1.54, 1.807) is 0 Å². The molecule has 3 nitrogen and oxygen atoms in total. The van der Waals surface area contributed by atoms with E-state index in [0.29, 0.717) is 23.4 Å². The van der Waals surface area contributed by atoms with Crippen molar-refractivity contribution in [1.82, 2.24) is 9.55 Å². The third-order valence-corrected chi connectivity index (χ3v) is 3.67. The van der Waals surface area contributed by atoms with Crippen LogP contribution in [0.3, 0.4) is 0 Å². The van der Waals surface area contributed by atoms with Gasteiger partial charge in [0.05, 0.1) is 11.1 Å². The molecule has 0 bridgehead atoms. The highest BCUT2D eigenvalue weighted by atomic mass is 35.5. The van der Waals surface area contributed by atoms with Crippen LogP contribution in [0.25, 0.3) is 11.0 Å². The zero-order chi connectivity index (χ0) is 14.7. The molecule has 1 unspecified atom stereocenters. The van der Waals surface area contributed by atoms with Gasteiger partial charge in [0.1, 0.15) is 17.4 Å². The highest BCUT2D eigenvalue weighted by molar-refractivity contribution is 6.17. The van der Waals surface area contributed by atoms with Crippen molar-refractivity contribution in [2.75, 3.05) is 5.88 Å². The number of para-hydroxylation sites is 1. The Morgan fingerprint density at radius 1 is 1.35 bits per heavy atom. The van der Waals surface area contributed by atoms with Crippen molar-refractivity contribution in [2.45, 2.75) is 39.7 Å². The monoisotopic (exact) mass is 289 g/mol. The fourth-order valence-corrected chi connectivity index (χ4v) is 2.96. The lowest BCUT2D eigenvalue weighted by molar-refractivity contribution is 0.426. The van der Waals surface area contributed by atoms with Crippen LogP contribution in [0.15, 0.2) is 18.2 Å². The topological polar surface area (TPSA) is 41.6 Å². The molecule has 0 N–H and O–H groups in total. The molecule has 0 radical (unpaired) electrons. The number of nitrogens with zero attached hydrogens (tertiary/aromatic N) is 3. The van der Waals surface area contributed by atoms with Crippen LogP contribution in [0.1, 0.15) is 44.6 Å². The highest BCUT2D eigenvalue weighted by Gasteiger charge is 2.18. The summed E-state index contributed by atoms with van der Waals surface area (Å²) in [5, 5.41) is 9.22. The number of aromatic nitrogens is 2.